The van der Waals surface area contributed by atoms with Crippen molar-refractivity contribution in [1.29, 1.82) is 0 Å². The van der Waals surface area contributed by atoms with E-state index >= 15 is 0 Å². The van der Waals surface area contributed by atoms with Gasteiger partial charge in [0.1, 0.15) is 10.5 Å². The number of aromatic nitrogens is 3. The molecule has 0 saturated carbocycles. The number of carbonyl (C=O) groups is 1. The normalized spacial score (nSPS) is 11.3. The first-order valence-electron chi connectivity index (χ1n) is 8.58. The maximum Gasteiger partial charge on any atom is 0.340 e. The molecule has 0 atom stereocenters. The van der Waals surface area contributed by atoms with Crippen LogP contribution in [0.25, 0.3) is 10.9 Å². The van der Waals surface area contributed by atoms with Gasteiger partial charge in [-0.15, -0.1) is 11.3 Å². The standard InChI is InChI=1S/C20H21N3O3S/c1-6-26-18(25)14-12(2)22-16-15(14)13(11-23(5)17(16)24)7-8-20(3,4)19-21-9-10-27-19/h9-11,22H,6H2,1-5H3. The van der Waals surface area contributed by atoms with Gasteiger partial charge in [0, 0.05) is 35.9 Å². The minimum absolute atomic E-state index is 0.214. The number of carbonyl (C=O) groups excluding carboxylic acids is 1. The molecule has 0 bridgehead atoms. The van der Waals surface area contributed by atoms with Crippen LogP contribution in [-0.2, 0) is 17.2 Å². The van der Waals surface area contributed by atoms with Gasteiger partial charge in [-0.25, -0.2) is 9.78 Å². The van der Waals surface area contributed by atoms with Gasteiger partial charge in [-0.05, 0) is 27.7 Å². The lowest BCUT2D eigenvalue weighted by Gasteiger charge is -2.13. The summed E-state index contributed by atoms with van der Waals surface area (Å²) in [5, 5.41) is 3.33. The van der Waals surface area contributed by atoms with Crippen molar-refractivity contribution in [2.45, 2.75) is 33.1 Å². The van der Waals surface area contributed by atoms with Crippen LogP contribution in [0.5, 0.6) is 0 Å². The molecule has 0 unspecified atom stereocenters. The molecular formula is C20H21N3O3S. The quantitative estimate of drug-likeness (QED) is 0.557. The summed E-state index contributed by atoms with van der Waals surface area (Å²) in [6.45, 7) is 7.74. The number of hydrogen-bond acceptors (Lipinski definition) is 5. The van der Waals surface area contributed by atoms with Crippen molar-refractivity contribution in [3.05, 3.63) is 50.0 Å². The molecule has 7 heteroatoms. The molecule has 3 aromatic rings. The highest BCUT2D eigenvalue weighted by atomic mass is 32.1. The van der Waals surface area contributed by atoms with Gasteiger partial charge in [-0.1, -0.05) is 11.8 Å². The summed E-state index contributed by atoms with van der Waals surface area (Å²) in [5.41, 5.74) is 1.24. The molecular weight excluding hydrogens is 362 g/mol. The van der Waals surface area contributed by atoms with E-state index in [1.54, 1.807) is 44.6 Å². The number of aromatic amines is 1. The minimum Gasteiger partial charge on any atom is -0.462 e. The number of H-pyrrole nitrogens is 1. The fourth-order valence-electron chi connectivity index (χ4n) is 2.91. The summed E-state index contributed by atoms with van der Waals surface area (Å²) in [7, 11) is 1.67. The van der Waals surface area contributed by atoms with E-state index in [1.807, 2.05) is 19.2 Å². The molecule has 27 heavy (non-hydrogen) atoms. The van der Waals surface area contributed by atoms with E-state index in [2.05, 4.69) is 21.8 Å². The van der Waals surface area contributed by atoms with Crippen LogP contribution >= 0.6 is 11.3 Å². The Morgan fingerprint density at radius 3 is 2.81 bits per heavy atom. The molecule has 0 aliphatic carbocycles. The van der Waals surface area contributed by atoms with Crippen LogP contribution in [0.4, 0.5) is 0 Å². The number of hydrogen-bond donors (Lipinski definition) is 1. The highest BCUT2D eigenvalue weighted by Crippen LogP contribution is 2.26. The predicted octanol–water partition coefficient (Wildman–Crippen LogP) is 3.14. The van der Waals surface area contributed by atoms with Gasteiger partial charge in [0.15, 0.2) is 0 Å². The second-order valence-corrected chi connectivity index (χ2v) is 7.66. The molecule has 0 fully saturated rings. The number of ether oxygens (including phenoxy) is 1. The molecule has 3 aromatic heterocycles. The number of thiazole rings is 1. The number of nitrogens with one attached hydrogen (secondary N) is 1. The fraction of sp³-hybridized carbons (Fsp3) is 0.350. The molecule has 6 nitrogen and oxygen atoms in total. The van der Waals surface area contributed by atoms with Crippen molar-refractivity contribution in [2.75, 3.05) is 6.61 Å². The second kappa shape index (κ2) is 7.05. The summed E-state index contributed by atoms with van der Waals surface area (Å²) in [5.74, 6) is 5.94. The van der Waals surface area contributed by atoms with Crippen molar-refractivity contribution in [2.24, 2.45) is 7.05 Å². The van der Waals surface area contributed by atoms with Crippen LogP contribution in [-0.4, -0.2) is 27.1 Å². The molecule has 1 N–H and O–H groups in total. The smallest absolute Gasteiger partial charge is 0.340 e. The van der Waals surface area contributed by atoms with Crippen molar-refractivity contribution < 1.29 is 9.53 Å². The number of esters is 1. The van der Waals surface area contributed by atoms with Crippen molar-refractivity contribution >= 4 is 28.2 Å². The van der Waals surface area contributed by atoms with Gasteiger partial charge >= 0.3 is 5.97 Å². The molecule has 0 amide bonds. The van der Waals surface area contributed by atoms with Crippen LogP contribution in [0.1, 0.15) is 47.4 Å². The first-order chi connectivity index (χ1) is 12.8. The Morgan fingerprint density at radius 2 is 2.19 bits per heavy atom. The summed E-state index contributed by atoms with van der Waals surface area (Å²) in [6.07, 6.45) is 3.41. The Bertz CT molecular complexity index is 1130. The second-order valence-electron chi connectivity index (χ2n) is 6.77. The van der Waals surface area contributed by atoms with E-state index in [4.69, 9.17) is 4.74 Å². The maximum absolute atomic E-state index is 12.5. The van der Waals surface area contributed by atoms with Crippen molar-refractivity contribution in [3.8, 4) is 11.8 Å². The first-order valence-corrected chi connectivity index (χ1v) is 9.46. The average molecular weight is 383 g/mol. The van der Waals surface area contributed by atoms with Crippen LogP contribution < -0.4 is 5.56 Å². The van der Waals surface area contributed by atoms with E-state index < -0.39 is 11.4 Å². The number of rotatable bonds is 3. The molecule has 0 radical (unpaired) electrons. The fourth-order valence-corrected chi connectivity index (χ4v) is 3.63. The summed E-state index contributed by atoms with van der Waals surface area (Å²) < 4.78 is 6.65. The van der Waals surface area contributed by atoms with Crippen LogP contribution in [0.2, 0.25) is 0 Å². The topological polar surface area (TPSA) is 77.0 Å². The van der Waals surface area contributed by atoms with Crippen molar-refractivity contribution in [3.63, 3.8) is 0 Å². The lowest BCUT2D eigenvalue weighted by molar-refractivity contribution is 0.0528. The van der Waals surface area contributed by atoms with Gasteiger partial charge in [0.25, 0.3) is 5.56 Å². The monoisotopic (exact) mass is 383 g/mol. The molecule has 3 heterocycles. The van der Waals surface area contributed by atoms with E-state index in [9.17, 15) is 9.59 Å². The molecule has 0 aliphatic rings. The van der Waals surface area contributed by atoms with E-state index in [-0.39, 0.29) is 12.2 Å². The number of fused-ring (bicyclic) bond motifs is 1. The summed E-state index contributed by atoms with van der Waals surface area (Å²) in [4.78, 5) is 32.4. The first kappa shape index (κ1) is 18.9. The van der Waals surface area contributed by atoms with Gasteiger partial charge in [0.2, 0.25) is 0 Å². The lowest BCUT2D eigenvalue weighted by Crippen LogP contribution is -2.18. The molecule has 0 saturated heterocycles. The minimum atomic E-state index is -0.461. The highest BCUT2D eigenvalue weighted by molar-refractivity contribution is 7.09. The molecule has 0 aromatic carbocycles. The van der Waals surface area contributed by atoms with Crippen molar-refractivity contribution in [1.82, 2.24) is 14.5 Å². The molecule has 0 aliphatic heterocycles. The van der Waals surface area contributed by atoms with Gasteiger partial charge < -0.3 is 14.3 Å². The third kappa shape index (κ3) is 3.40. The molecule has 140 valence electrons. The number of nitrogens with zero attached hydrogens (tertiary/aromatic N) is 2. The van der Waals surface area contributed by atoms with Crippen LogP contribution in [0.15, 0.2) is 22.6 Å². The lowest BCUT2D eigenvalue weighted by atomic mass is 9.94. The highest BCUT2D eigenvalue weighted by Gasteiger charge is 2.23. The third-order valence-electron chi connectivity index (χ3n) is 4.27. The van der Waals surface area contributed by atoms with E-state index in [0.29, 0.717) is 27.7 Å². The van der Waals surface area contributed by atoms with Gasteiger partial charge in [0.05, 0.1) is 23.1 Å². The zero-order valence-corrected chi connectivity index (χ0v) is 16.8. The van der Waals surface area contributed by atoms with Crippen LogP contribution in [0, 0.1) is 18.8 Å². The Balaban J connectivity index is 2.25. The molecule has 3 rings (SSSR count). The van der Waals surface area contributed by atoms with Gasteiger partial charge in [-0.2, -0.15) is 0 Å². The average Bonchev–Trinajstić information content (AvgIpc) is 3.25. The SMILES string of the molecule is CCOC(=O)c1c(C)[nH]c2c(=O)n(C)cc(C#CC(C)(C)c3nccs3)c12. The van der Waals surface area contributed by atoms with Crippen LogP contribution in [0.3, 0.4) is 0 Å². The Morgan fingerprint density at radius 1 is 1.44 bits per heavy atom. The zero-order valence-electron chi connectivity index (χ0n) is 16.0. The maximum atomic E-state index is 12.5. The Labute approximate surface area is 161 Å². The Hall–Kier alpha value is -2.85. The van der Waals surface area contributed by atoms with E-state index in [0.717, 1.165) is 5.01 Å². The Kier molecular flexibility index (Phi) is 4.94. The predicted molar refractivity (Wildman–Crippen MR) is 106 cm³/mol. The number of aryl methyl sites for hydroxylation is 2. The zero-order chi connectivity index (χ0) is 19.8. The number of pyridine rings is 1. The third-order valence-corrected chi connectivity index (χ3v) is 5.37. The van der Waals surface area contributed by atoms with E-state index in [1.165, 1.54) is 4.57 Å². The largest absolute Gasteiger partial charge is 0.462 e. The van der Waals surface area contributed by atoms with Gasteiger partial charge in [-0.3, -0.25) is 4.79 Å². The summed E-state index contributed by atoms with van der Waals surface area (Å²) >= 11 is 1.54. The summed E-state index contributed by atoms with van der Waals surface area (Å²) in [6, 6.07) is 0. The molecule has 0 spiro atoms.